The highest BCUT2D eigenvalue weighted by Crippen LogP contribution is 2.33. The summed E-state index contributed by atoms with van der Waals surface area (Å²) < 4.78 is 23.1. The Morgan fingerprint density at radius 1 is 1.35 bits per heavy atom. The summed E-state index contributed by atoms with van der Waals surface area (Å²) >= 11 is 0. The molecule has 0 spiro atoms. The summed E-state index contributed by atoms with van der Waals surface area (Å²) in [6, 6.07) is 0. The van der Waals surface area contributed by atoms with Crippen LogP contribution in [0.1, 0.15) is 52.4 Å². The molecule has 1 aliphatic rings. The molecule has 3 nitrogen and oxygen atoms in total. The molecule has 0 aliphatic heterocycles. The first-order valence-electron chi connectivity index (χ1n) is 6.73. The molecule has 0 amide bonds. The molecule has 1 fully saturated rings. The second-order valence-electron chi connectivity index (χ2n) is 5.63. The van der Waals surface area contributed by atoms with Gasteiger partial charge in [0.15, 0.2) is 0 Å². The van der Waals surface area contributed by atoms with Crippen molar-refractivity contribution in [3.63, 3.8) is 0 Å². The summed E-state index contributed by atoms with van der Waals surface area (Å²) in [5.41, 5.74) is 0. The van der Waals surface area contributed by atoms with Crippen molar-refractivity contribution in [1.82, 2.24) is 0 Å². The highest BCUT2D eigenvalue weighted by Gasteiger charge is 2.33. The minimum absolute atomic E-state index is 0.171. The fourth-order valence-electron chi connectivity index (χ4n) is 2.97. The molecule has 1 saturated carbocycles. The van der Waals surface area contributed by atoms with E-state index in [-0.39, 0.29) is 23.2 Å². The smallest absolute Gasteiger partial charge is 0.150 e. The molecule has 0 bridgehead atoms. The van der Waals surface area contributed by atoms with E-state index in [1.165, 1.54) is 6.26 Å². The average Bonchev–Trinajstić information content (AvgIpc) is 2.27. The van der Waals surface area contributed by atoms with Gasteiger partial charge in [0.1, 0.15) is 9.84 Å². The van der Waals surface area contributed by atoms with Crippen LogP contribution >= 0.6 is 0 Å². The lowest BCUT2D eigenvalue weighted by Gasteiger charge is -2.34. The Kier molecular flexibility index (Phi) is 5.45. The van der Waals surface area contributed by atoms with Gasteiger partial charge in [-0.05, 0) is 37.5 Å². The summed E-state index contributed by atoms with van der Waals surface area (Å²) in [6.45, 7) is 4.18. The van der Waals surface area contributed by atoms with Crippen molar-refractivity contribution in [2.75, 3.05) is 6.26 Å². The third-order valence-corrected chi connectivity index (χ3v) is 5.72. The van der Waals surface area contributed by atoms with E-state index in [2.05, 4.69) is 13.8 Å². The quantitative estimate of drug-likeness (QED) is 0.827. The van der Waals surface area contributed by atoms with E-state index in [1.807, 2.05) is 0 Å². The Morgan fingerprint density at radius 3 is 2.53 bits per heavy atom. The SMILES string of the molecule is CCCC(C)C(O)C1CCCC(S(C)(=O)=O)C1. The summed E-state index contributed by atoms with van der Waals surface area (Å²) in [5, 5.41) is 10.0. The molecule has 0 radical (unpaired) electrons. The third kappa shape index (κ3) is 4.25. The minimum Gasteiger partial charge on any atom is -0.393 e. The molecule has 0 saturated heterocycles. The second-order valence-corrected chi connectivity index (χ2v) is 7.96. The average molecular weight is 262 g/mol. The molecular weight excluding hydrogens is 236 g/mol. The van der Waals surface area contributed by atoms with Gasteiger partial charge in [0, 0.05) is 6.26 Å². The van der Waals surface area contributed by atoms with E-state index in [0.29, 0.717) is 6.42 Å². The Labute approximate surface area is 106 Å². The molecule has 4 heteroatoms. The van der Waals surface area contributed by atoms with Gasteiger partial charge in [0.05, 0.1) is 11.4 Å². The molecule has 4 unspecified atom stereocenters. The van der Waals surface area contributed by atoms with Crippen LogP contribution in [0.25, 0.3) is 0 Å². The van der Waals surface area contributed by atoms with Crippen molar-refractivity contribution < 1.29 is 13.5 Å². The lowest BCUT2D eigenvalue weighted by Crippen LogP contribution is -2.36. The maximum atomic E-state index is 11.6. The maximum Gasteiger partial charge on any atom is 0.150 e. The molecule has 1 aliphatic carbocycles. The topological polar surface area (TPSA) is 54.4 Å². The molecule has 17 heavy (non-hydrogen) atoms. The van der Waals surface area contributed by atoms with Crippen molar-refractivity contribution >= 4 is 9.84 Å². The Bertz CT molecular complexity index is 324. The minimum atomic E-state index is -2.94. The van der Waals surface area contributed by atoms with Crippen LogP contribution in [0.2, 0.25) is 0 Å². The van der Waals surface area contributed by atoms with E-state index in [1.54, 1.807) is 0 Å². The summed E-state index contributed by atoms with van der Waals surface area (Å²) in [6.07, 6.45) is 6.39. The van der Waals surface area contributed by atoms with Crippen molar-refractivity contribution in [1.29, 1.82) is 0 Å². The maximum absolute atomic E-state index is 11.6. The summed E-state index contributed by atoms with van der Waals surface area (Å²) in [7, 11) is -2.94. The van der Waals surface area contributed by atoms with Gasteiger partial charge in [0.2, 0.25) is 0 Å². The molecule has 1 rings (SSSR count). The normalized spacial score (nSPS) is 29.9. The van der Waals surface area contributed by atoms with Crippen LogP contribution in [-0.4, -0.2) is 31.1 Å². The molecular formula is C13H26O3S. The van der Waals surface area contributed by atoms with Crippen molar-refractivity contribution in [2.24, 2.45) is 11.8 Å². The van der Waals surface area contributed by atoms with Crippen molar-refractivity contribution in [3.8, 4) is 0 Å². The summed E-state index contributed by atoms with van der Waals surface area (Å²) in [5.74, 6) is 0.452. The first-order valence-corrected chi connectivity index (χ1v) is 8.68. The van der Waals surface area contributed by atoms with Gasteiger partial charge in [-0.2, -0.15) is 0 Å². The Balaban J connectivity index is 2.60. The van der Waals surface area contributed by atoms with Gasteiger partial charge >= 0.3 is 0 Å². The highest BCUT2D eigenvalue weighted by molar-refractivity contribution is 7.91. The fraction of sp³-hybridized carbons (Fsp3) is 1.00. The predicted molar refractivity (Wildman–Crippen MR) is 70.7 cm³/mol. The number of hydrogen-bond acceptors (Lipinski definition) is 3. The molecule has 0 aromatic heterocycles. The Hall–Kier alpha value is -0.0900. The number of aliphatic hydroxyl groups excluding tert-OH is 1. The van der Waals surface area contributed by atoms with Crippen LogP contribution < -0.4 is 0 Å². The highest BCUT2D eigenvalue weighted by atomic mass is 32.2. The van der Waals surface area contributed by atoms with Gasteiger partial charge in [-0.3, -0.25) is 0 Å². The largest absolute Gasteiger partial charge is 0.393 e. The molecule has 0 aromatic rings. The van der Waals surface area contributed by atoms with Gasteiger partial charge in [-0.1, -0.05) is 26.7 Å². The van der Waals surface area contributed by atoms with Gasteiger partial charge < -0.3 is 5.11 Å². The summed E-state index contributed by atoms with van der Waals surface area (Å²) in [4.78, 5) is 0. The Morgan fingerprint density at radius 2 is 2.00 bits per heavy atom. The van der Waals surface area contributed by atoms with Gasteiger partial charge in [0.25, 0.3) is 0 Å². The predicted octanol–water partition coefficient (Wildman–Crippen LogP) is 2.39. The zero-order valence-corrected chi connectivity index (χ0v) is 12.0. The van der Waals surface area contributed by atoms with E-state index >= 15 is 0 Å². The van der Waals surface area contributed by atoms with Crippen LogP contribution in [0.5, 0.6) is 0 Å². The number of rotatable bonds is 5. The molecule has 1 N–H and O–H groups in total. The molecule has 0 aromatic carbocycles. The third-order valence-electron chi connectivity index (χ3n) is 4.08. The van der Waals surface area contributed by atoms with Crippen molar-refractivity contribution in [2.45, 2.75) is 63.7 Å². The van der Waals surface area contributed by atoms with Gasteiger partial charge in [-0.25, -0.2) is 8.42 Å². The standard InChI is InChI=1S/C13H26O3S/c1-4-6-10(2)13(14)11-7-5-8-12(9-11)17(3,15)16/h10-14H,4-9H2,1-3H3. The van der Waals surface area contributed by atoms with Crippen LogP contribution in [0.15, 0.2) is 0 Å². The zero-order valence-electron chi connectivity index (χ0n) is 11.2. The zero-order chi connectivity index (χ0) is 13.1. The molecule has 0 heterocycles. The number of aliphatic hydroxyl groups is 1. The lowest BCUT2D eigenvalue weighted by molar-refractivity contribution is 0.0371. The van der Waals surface area contributed by atoms with Crippen LogP contribution in [0.3, 0.4) is 0 Å². The fourth-order valence-corrected chi connectivity index (χ4v) is 4.16. The lowest BCUT2D eigenvalue weighted by atomic mass is 9.79. The number of sulfone groups is 1. The van der Waals surface area contributed by atoms with Crippen LogP contribution in [0.4, 0.5) is 0 Å². The van der Waals surface area contributed by atoms with Crippen LogP contribution in [0, 0.1) is 11.8 Å². The van der Waals surface area contributed by atoms with E-state index < -0.39 is 9.84 Å². The monoisotopic (exact) mass is 262 g/mol. The van der Waals surface area contributed by atoms with E-state index in [4.69, 9.17) is 0 Å². The van der Waals surface area contributed by atoms with Crippen molar-refractivity contribution in [3.05, 3.63) is 0 Å². The van der Waals surface area contributed by atoms with E-state index in [0.717, 1.165) is 32.1 Å². The second kappa shape index (κ2) is 6.19. The van der Waals surface area contributed by atoms with Crippen LogP contribution in [-0.2, 0) is 9.84 Å². The van der Waals surface area contributed by atoms with Gasteiger partial charge in [-0.15, -0.1) is 0 Å². The first kappa shape index (κ1) is 15.0. The number of hydrogen-bond donors (Lipinski definition) is 1. The van der Waals surface area contributed by atoms with E-state index in [9.17, 15) is 13.5 Å². The molecule has 4 atom stereocenters. The molecule has 102 valence electrons. The first-order chi connectivity index (χ1) is 7.86.